The molecular formula is C15H23N3O3. The molecule has 0 aliphatic carbocycles. The van der Waals surface area contributed by atoms with Crippen molar-refractivity contribution in [3.05, 3.63) is 29.3 Å². The highest BCUT2D eigenvalue weighted by Crippen LogP contribution is 2.22. The van der Waals surface area contributed by atoms with Crippen LogP contribution in [0.4, 0.5) is 0 Å². The Labute approximate surface area is 125 Å². The van der Waals surface area contributed by atoms with Crippen LogP contribution in [0.3, 0.4) is 0 Å². The summed E-state index contributed by atoms with van der Waals surface area (Å²) in [6.07, 6.45) is 1.07. The Morgan fingerprint density at radius 3 is 3.05 bits per heavy atom. The SMILES string of the molecule is CCC1COCCN1Cc1ccc(/C(N)=N/O)c(OC)c1. The first-order chi connectivity index (χ1) is 10.2. The number of amidine groups is 1. The Hall–Kier alpha value is -1.79. The van der Waals surface area contributed by atoms with E-state index in [1.807, 2.05) is 18.2 Å². The summed E-state index contributed by atoms with van der Waals surface area (Å²) in [7, 11) is 1.58. The summed E-state index contributed by atoms with van der Waals surface area (Å²) in [4.78, 5) is 2.42. The molecule has 0 spiro atoms. The summed E-state index contributed by atoms with van der Waals surface area (Å²) < 4.78 is 10.9. The van der Waals surface area contributed by atoms with E-state index in [4.69, 9.17) is 20.4 Å². The maximum atomic E-state index is 8.79. The lowest BCUT2D eigenvalue weighted by molar-refractivity contribution is -0.0127. The second kappa shape index (κ2) is 7.28. The van der Waals surface area contributed by atoms with Crippen LogP contribution in [0.25, 0.3) is 0 Å². The van der Waals surface area contributed by atoms with Gasteiger partial charge in [-0.1, -0.05) is 18.1 Å². The largest absolute Gasteiger partial charge is 0.496 e. The van der Waals surface area contributed by atoms with Gasteiger partial charge in [-0.3, -0.25) is 4.90 Å². The molecule has 6 heteroatoms. The predicted octanol–water partition coefficient (Wildman–Crippen LogP) is 1.40. The molecule has 0 radical (unpaired) electrons. The number of hydrogen-bond acceptors (Lipinski definition) is 5. The molecule has 1 aliphatic heterocycles. The lowest BCUT2D eigenvalue weighted by atomic mass is 10.1. The van der Waals surface area contributed by atoms with Gasteiger partial charge in [0.25, 0.3) is 0 Å². The first kappa shape index (κ1) is 15.6. The molecule has 1 heterocycles. The number of methoxy groups -OCH3 is 1. The topological polar surface area (TPSA) is 80.3 Å². The molecule has 1 aromatic rings. The highest BCUT2D eigenvalue weighted by Gasteiger charge is 2.21. The van der Waals surface area contributed by atoms with Gasteiger partial charge in [0, 0.05) is 19.1 Å². The van der Waals surface area contributed by atoms with Gasteiger partial charge in [0.05, 0.1) is 25.9 Å². The van der Waals surface area contributed by atoms with Crippen LogP contribution in [-0.4, -0.2) is 48.9 Å². The van der Waals surface area contributed by atoms with Gasteiger partial charge in [-0.05, 0) is 24.1 Å². The van der Waals surface area contributed by atoms with E-state index in [1.165, 1.54) is 0 Å². The van der Waals surface area contributed by atoms with Crippen molar-refractivity contribution in [1.29, 1.82) is 0 Å². The molecule has 1 unspecified atom stereocenters. The van der Waals surface area contributed by atoms with Gasteiger partial charge < -0.3 is 20.4 Å². The maximum Gasteiger partial charge on any atom is 0.173 e. The molecule has 0 bridgehead atoms. The van der Waals surface area contributed by atoms with Crippen molar-refractivity contribution in [2.75, 3.05) is 26.9 Å². The molecule has 6 nitrogen and oxygen atoms in total. The fourth-order valence-electron chi connectivity index (χ4n) is 2.61. The molecule has 0 amide bonds. The van der Waals surface area contributed by atoms with Crippen molar-refractivity contribution >= 4 is 5.84 Å². The molecule has 1 fully saturated rings. The van der Waals surface area contributed by atoms with Crippen LogP contribution in [0.5, 0.6) is 5.75 Å². The van der Waals surface area contributed by atoms with Gasteiger partial charge in [0.1, 0.15) is 5.75 Å². The smallest absolute Gasteiger partial charge is 0.173 e. The van der Waals surface area contributed by atoms with E-state index in [2.05, 4.69) is 17.0 Å². The van der Waals surface area contributed by atoms with Gasteiger partial charge in [-0.25, -0.2) is 0 Å². The molecule has 116 valence electrons. The minimum Gasteiger partial charge on any atom is -0.496 e. The summed E-state index contributed by atoms with van der Waals surface area (Å²) in [5.74, 6) is 0.667. The van der Waals surface area contributed by atoms with Crippen LogP contribution in [0.15, 0.2) is 23.4 Å². The van der Waals surface area contributed by atoms with Crippen LogP contribution in [0, 0.1) is 0 Å². The first-order valence-corrected chi connectivity index (χ1v) is 7.16. The molecule has 1 atom stereocenters. The molecule has 1 saturated heterocycles. The van der Waals surface area contributed by atoms with Crippen LogP contribution in [-0.2, 0) is 11.3 Å². The minimum atomic E-state index is 0.0520. The Morgan fingerprint density at radius 1 is 1.57 bits per heavy atom. The van der Waals surface area contributed by atoms with E-state index in [-0.39, 0.29) is 5.84 Å². The van der Waals surface area contributed by atoms with E-state index in [1.54, 1.807) is 7.11 Å². The number of morpholine rings is 1. The standard InChI is InChI=1S/C15H23N3O3/c1-3-12-10-21-7-6-18(12)9-11-4-5-13(15(16)17-19)14(8-11)20-2/h4-5,8,12,19H,3,6-7,9-10H2,1-2H3,(H2,16,17). The lowest BCUT2D eigenvalue weighted by Crippen LogP contribution is -2.44. The van der Waals surface area contributed by atoms with Crippen molar-refractivity contribution in [3.8, 4) is 5.75 Å². The zero-order valence-corrected chi connectivity index (χ0v) is 12.6. The molecule has 2 rings (SSSR count). The van der Waals surface area contributed by atoms with E-state index in [0.717, 1.165) is 38.3 Å². The zero-order valence-electron chi connectivity index (χ0n) is 12.6. The number of nitrogens with zero attached hydrogens (tertiary/aromatic N) is 2. The summed E-state index contributed by atoms with van der Waals surface area (Å²) >= 11 is 0. The van der Waals surface area contributed by atoms with Crippen molar-refractivity contribution in [3.63, 3.8) is 0 Å². The van der Waals surface area contributed by atoms with Crippen LogP contribution < -0.4 is 10.5 Å². The number of benzene rings is 1. The quantitative estimate of drug-likeness (QED) is 0.371. The van der Waals surface area contributed by atoms with Crippen LogP contribution in [0.1, 0.15) is 24.5 Å². The molecule has 1 aromatic carbocycles. The van der Waals surface area contributed by atoms with E-state index in [9.17, 15) is 0 Å². The summed E-state index contributed by atoms with van der Waals surface area (Å²) in [6, 6.07) is 6.20. The molecule has 21 heavy (non-hydrogen) atoms. The maximum absolute atomic E-state index is 8.79. The number of hydrogen-bond donors (Lipinski definition) is 2. The number of ether oxygens (including phenoxy) is 2. The van der Waals surface area contributed by atoms with Gasteiger partial charge in [0.2, 0.25) is 0 Å². The normalized spacial score (nSPS) is 20.5. The van der Waals surface area contributed by atoms with Crippen LogP contribution >= 0.6 is 0 Å². The first-order valence-electron chi connectivity index (χ1n) is 7.16. The highest BCUT2D eigenvalue weighted by molar-refractivity contribution is 5.99. The number of nitrogens with two attached hydrogens (primary N) is 1. The molecule has 1 aliphatic rings. The average Bonchev–Trinajstić information content (AvgIpc) is 2.54. The fourth-order valence-corrected chi connectivity index (χ4v) is 2.61. The van der Waals surface area contributed by atoms with Gasteiger partial charge in [-0.15, -0.1) is 0 Å². The summed E-state index contributed by atoms with van der Waals surface area (Å²) in [5, 5.41) is 11.8. The van der Waals surface area contributed by atoms with Crippen molar-refractivity contribution in [1.82, 2.24) is 4.90 Å². The lowest BCUT2D eigenvalue weighted by Gasteiger charge is -2.35. The Balaban J connectivity index is 2.17. The third kappa shape index (κ3) is 3.65. The minimum absolute atomic E-state index is 0.0520. The third-order valence-corrected chi connectivity index (χ3v) is 3.86. The van der Waals surface area contributed by atoms with Crippen molar-refractivity contribution in [2.24, 2.45) is 10.9 Å². The zero-order chi connectivity index (χ0) is 15.2. The monoisotopic (exact) mass is 293 g/mol. The van der Waals surface area contributed by atoms with Crippen molar-refractivity contribution < 1.29 is 14.7 Å². The molecular weight excluding hydrogens is 270 g/mol. The summed E-state index contributed by atoms with van der Waals surface area (Å²) in [6.45, 7) is 5.51. The Morgan fingerprint density at radius 2 is 2.38 bits per heavy atom. The molecule has 3 N–H and O–H groups in total. The second-order valence-electron chi connectivity index (χ2n) is 5.13. The Kier molecular flexibility index (Phi) is 5.41. The predicted molar refractivity (Wildman–Crippen MR) is 80.8 cm³/mol. The van der Waals surface area contributed by atoms with Gasteiger partial charge >= 0.3 is 0 Å². The Bertz CT molecular complexity index is 505. The highest BCUT2D eigenvalue weighted by atomic mass is 16.5. The van der Waals surface area contributed by atoms with Gasteiger partial charge in [0.15, 0.2) is 5.84 Å². The second-order valence-corrected chi connectivity index (χ2v) is 5.13. The summed E-state index contributed by atoms with van der Waals surface area (Å²) in [5.41, 5.74) is 7.38. The number of oxime groups is 1. The van der Waals surface area contributed by atoms with E-state index >= 15 is 0 Å². The van der Waals surface area contributed by atoms with Gasteiger partial charge in [-0.2, -0.15) is 0 Å². The number of rotatable bonds is 5. The van der Waals surface area contributed by atoms with E-state index in [0.29, 0.717) is 17.4 Å². The van der Waals surface area contributed by atoms with E-state index < -0.39 is 0 Å². The van der Waals surface area contributed by atoms with Crippen LogP contribution in [0.2, 0.25) is 0 Å². The van der Waals surface area contributed by atoms with Crippen molar-refractivity contribution in [2.45, 2.75) is 25.9 Å². The fraction of sp³-hybridized carbons (Fsp3) is 0.533. The molecule has 0 saturated carbocycles. The third-order valence-electron chi connectivity index (χ3n) is 3.86. The molecule has 0 aromatic heterocycles. The average molecular weight is 293 g/mol.